The number of benzene rings is 2. The predicted molar refractivity (Wildman–Crippen MR) is 113 cm³/mol. The van der Waals surface area contributed by atoms with Crippen molar-refractivity contribution in [2.45, 2.75) is 25.7 Å². The molecule has 0 unspecified atom stereocenters. The van der Waals surface area contributed by atoms with Gasteiger partial charge in [0.15, 0.2) is 5.78 Å². The Morgan fingerprint density at radius 3 is 2.04 bits per heavy atom. The lowest BCUT2D eigenvalue weighted by Gasteiger charge is -2.07. The standard InChI is InChI=1S/C24H27NO3/c26-19-22(27)15-8-3-9-18-25-24(28)17-10-16-23(20-11-4-1-5-12-20)21-13-6-2-7-14-21/h1-2,4-7,10-14,16-17,26H,3,8-9,15,18-19H2,(H,25,28)/b17-10+. The van der Waals surface area contributed by atoms with Gasteiger partial charge in [-0.25, -0.2) is 0 Å². The lowest BCUT2D eigenvalue weighted by Crippen LogP contribution is -2.22. The quantitative estimate of drug-likeness (QED) is 0.354. The zero-order valence-electron chi connectivity index (χ0n) is 16.0. The Morgan fingerprint density at radius 1 is 0.857 bits per heavy atom. The molecule has 0 saturated heterocycles. The zero-order chi connectivity index (χ0) is 20.0. The molecule has 2 aromatic carbocycles. The van der Waals surface area contributed by atoms with E-state index in [1.807, 2.05) is 66.7 Å². The first-order chi connectivity index (χ1) is 13.7. The molecule has 2 aromatic rings. The van der Waals surface area contributed by atoms with Crippen molar-refractivity contribution >= 4 is 17.3 Å². The number of rotatable bonds is 11. The summed E-state index contributed by atoms with van der Waals surface area (Å²) < 4.78 is 0. The SMILES string of the molecule is O=C(CO)CCCCCNC(=O)/C=C/C=C(c1ccccc1)c1ccccc1. The molecular weight excluding hydrogens is 350 g/mol. The Kier molecular flexibility index (Phi) is 9.45. The van der Waals surface area contributed by atoms with Crippen molar-refractivity contribution in [3.63, 3.8) is 0 Å². The second kappa shape index (κ2) is 12.4. The highest BCUT2D eigenvalue weighted by Crippen LogP contribution is 2.23. The Labute approximate surface area is 166 Å². The molecule has 0 heterocycles. The zero-order valence-corrected chi connectivity index (χ0v) is 16.0. The highest BCUT2D eigenvalue weighted by Gasteiger charge is 2.03. The van der Waals surface area contributed by atoms with Crippen molar-refractivity contribution in [2.75, 3.05) is 13.2 Å². The van der Waals surface area contributed by atoms with Crippen LogP contribution in [0.4, 0.5) is 0 Å². The van der Waals surface area contributed by atoms with Gasteiger partial charge in [-0.05, 0) is 29.5 Å². The van der Waals surface area contributed by atoms with Gasteiger partial charge in [0.05, 0.1) is 0 Å². The van der Waals surface area contributed by atoms with E-state index in [1.54, 1.807) is 6.08 Å². The molecule has 0 aliphatic carbocycles. The minimum Gasteiger partial charge on any atom is -0.389 e. The van der Waals surface area contributed by atoms with Crippen molar-refractivity contribution < 1.29 is 14.7 Å². The van der Waals surface area contributed by atoms with Gasteiger partial charge in [0.2, 0.25) is 5.91 Å². The Balaban J connectivity index is 1.87. The van der Waals surface area contributed by atoms with E-state index < -0.39 is 0 Å². The monoisotopic (exact) mass is 377 g/mol. The topological polar surface area (TPSA) is 66.4 Å². The van der Waals surface area contributed by atoms with Gasteiger partial charge in [-0.3, -0.25) is 9.59 Å². The van der Waals surface area contributed by atoms with Crippen LogP contribution in [-0.4, -0.2) is 29.9 Å². The fraction of sp³-hybridized carbons (Fsp3) is 0.250. The van der Waals surface area contributed by atoms with Crippen molar-refractivity contribution in [1.29, 1.82) is 0 Å². The number of Topliss-reactive ketones (excluding diaryl/α,β-unsaturated/α-hetero) is 1. The van der Waals surface area contributed by atoms with Gasteiger partial charge < -0.3 is 10.4 Å². The van der Waals surface area contributed by atoms with E-state index in [0.717, 1.165) is 36.0 Å². The average Bonchev–Trinajstić information content (AvgIpc) is 2.74. The van der Waals surface area contributed by atoms with Crippen LogP contribution in [0, 0.1) is 0 Å². The third kappa shape index (κ3) is 7.72. The summed E-state index contributed by atoms with van der Waals surface area (Å²) >= 11 is 0. The molecule has 4 nitrogen and oxygen atoms in total. The van der Waals surface area contributed by atoms with E-state index in [1.165, 1.54) is 6.08 Å². The average molecular weight is 377 g/mol. The van der Waals surface area contributed by atoms with Gasteiger partial charge >= 0.3 is 0 Å². The van der Waals surface area contributed by atoms with Crippen molar-refractivity contribution in [3.05, 3.63) is 90.0 Å². The normalized spacial score (nSPS) is 10.6. The van der Waals surface area contributed by atoms with Gasteiger partial charge in [-0.2, -0.15) is 0 Å². The number of carbonyl (C=O) groups excluding carboxylic acids is 2. The minimum absolute atomic E-state index is 0.133. The summed E-state index contributed by atoms with van der Waals surface area (Å²) in [6, 6.07) is 20.1. The maximum Gasteiger partial charge on any atom is 0.243 e. The van der Waals surface area contributed by atoms with Gasteiger partial charge in [-0.15, -0.1) is 0 Å². The molecule has 4 heteroatoms. The van der Waals surface area contributed by atoms with Crippen molar-refractivity contribution in [3.8, 4) is 0 Å². The molecule has 0 saturated carbocycles. The highest BCUT2D eigenvalue weighted by molar-refractivity contribution is 5.89. The number of aliphatic hydroxyl groups excluding tert-OH is 1. The first-order valence-electron chi connectivity index (χ1n) is 9.60. The van der Waals surface area contributed by atoms with Gasteiger partial charge in [0.25, 0.3) is 0 Å². The molecule has 2 N–H and O–H groups in total. The smallest absolute Gasteiger partial charge is 0.243 e. The third-order valence-corrected chi connectivity index (χ3v) is 4.29. The van der Waals surface area contributed by atoms with Crippen LogP contribution in [0.15, 0.2) is 78.9 Å². The number of nitrogens with one attached hydrogen (secondary N) is 1. The number of amides is 1. The fourth-order valence-corrected chi connectivity index (χ4v) is 2.80. The molecule has 28 heavy (non-hydrogen) atoms. The molecule has 2 rings (SSSR count). The van der Waals surface area contributed by atoms with Gasteiger partial charge in [0, 0.05) is 19.0 Å². The van der Waals surface area contributed by atoms with E-state index in [0.29, 0.717) is 13.0 Å². The molecule has 0 fully saturated rings. The summed E-state index contributed by atoms with van der Waals surface area (Å²) in [6.07, 6.45) is 8.05. The Morgan fingerprint density at radius 2 is 1.46 bits per heavy atom. The summed E-state index contributed by atoms with van der Waals surface area (Å²) in [5.41, 5.74) is 3.24. The van der Waals surface area contributed by atoms with Crippen LogP contribution in [0.1, 0.15) is 36.8 Å². The van der Waals surface area contributed by atoms with Crippen LogP contribution in [0.25, 0.3) is 5.57 Å². The molecule has 0 aliphatic rings. The number of carbonyl (C=O) groups is 2. The first-order valence-corrected chi connectivity index (χ1v) is 9.60. The molecule has 0 atom stereocenters. The number of unbranched alkanes of at least 4 members (excludes halogenated alkanes) is 2. The second-order valence-corrected chi connectivity index (χ2v) is 6.47. The summed E-state index contributed by atoms with van der Waals surface area (Å²) in [5, 5.41) is 11.5. The lowest BCUT2D eigenvalue weighted by molar-refractivity contribution is -0.122. The number of ketones is 1. The number of aliphatic hydroxyl groups is 1. The fourth-order valence-electron chi connectivity index (χ4n) is 2.80. The van der Waals surface area contributed by atoms with E-state index in [2.05, 4.69) is 5.32 Å². The molecule has 0 aromatic heterocycles. The van der Waals surface area contributed by atoms with Crippen molar-refractivity contribution in [1.82, 2.24) is 5.32 Å². The van der Waals surface area contributed by atoms with E-state index >= 15 is 0 Å². The van der Waals surface area contributed by atoms with Crippen molar-refractivity contribution in [2.24, 2.45) is 0 Å². The van der Waals surface area contributed by atoms with Crippen LogP contribution < -0.4 is 5.32 Å². The number of hydrogen-bond donors (Lipinski definition) is 2. The van der Waals surface area contributed by atoms with Crippen LogP contribution in [0.5, 0.6) is 0 Å². The van der Waals surface area contributed by atoms with Crippen LogP contribution in [-0.2, 0) is 9.59 Å². The molecule has 0 spiro atoms. The minimum atomic E-state index is -0.386. The lowest BCUT2D eigenvalue weighted by atomic mass is 9.97. The maximum absolute atomic E-state index is 12.0. The van der Waals surface area contributed by atoms with Crippen LogP contribution in [0.2, 0.25) is 0 Å². The van der Waals surface area contributed by atoms with E-state index in [9.17, 15) is 9.59 Å². The largest absolute Gasteiger partial charge is 0.389 e. The second-order valence-electron chi connectivity index (χ2n) is 6.47. The first kappa shape index (κ1) is 21.3. The molecule has 146 valence electrons. The summed E-state index contributed by atoms with van der Waals surface area (Å²) in [7, 11) is 0. The molecule has 0 bridgehead atoms. The Hall–Kier alpha value is -2.98. The summed E-state index contributed by atoms with van der Waals surface area (Å²) in [5.74, 6) is -0.269. The third-order valence-electron chi connectivity index (χ3n) is 4.29. The van der Waals surface area contributed by atoms with Crippen LogP contribution in [0.3, 0.4) is 0 Å². The number of hydrogen-bond acceptors (Lipinski definition) is 3. The van der Waals surface area contributed by atoms with Gasteiger partial charge in [-0.1, -0.05) is 79.2 Å². The summed E-state index contributed by atoms with van der Waals surface area (Å²) in [4.78, 5) is 23.0. The maximum atomic E-state index is 12.0. The van der Waals surface area contributed by atoms with Crippen LogP contribution >= 0.6 is 0 Å². The summed E-state index contributed by atoms with van der Waals surface area (Å²) in [6.45, 7) is 0.188. The molecule has 0 radical (unpaired) electrons. The molecule has 1 amide bonds. The number of allylic oxidation sites excluding steroid dienone is 2. The van der Waals surface area contributed by atoms with Gasteiger partial charge in [0.1, 0.15) is 6.61 Å². The Bertz CT molecular complexity index is 754. The molecule has 0 aliphatic heterocycles. The van der Waals surface area contributed by atoms with E-state index in [-0.39, 0.29) is 18.3 Å². The van der Waals surface area contributed by atoms with E-state index in [4.69, 9.17) is 5.11 Å². The predicted octanol–water partition coefficient (Wildman–Crippen LogP) is 3.91. The molecular formula is C24H27NO3. The highest BCUT2D eigenvalue weighted by atomic mass is 16.3.